The second-order valence-electron chi connectivity index (χ2n) is 10.8. The van der Waals surface area contributed by atoms with E-state index in [1.165, 1.54) is 24.8 Å². The maximum atomic E-state index is 13.2. The van der Waals surface area contributed by atoms with Gasteiger partial charge >= 0.3 is 11.9 Å². The predicted octanol–water partition coefficient (Wildman–Crippen LogP) is 6.68. The van der Waals surface area contributed by atoms with Crippen LogP contribution in [-0.4, -0.2) is 22.2 Å². The molecule has 1 aromatic rings. The Kier molecular flexibility index (Phi) is 6.70. The van der Waals surface area contributed by atoms with Crippen molar-refractivity contribution in [2.45, 2.75) is 96.8 Å². The van der Waals surface area contributed by atoms with Crippen molar-refractivity contribution in [1.82, 2.24) is 0 Å². The third kappa shape index (κ3) is 3.31. The molecule has 4 unspecified atom stereocenters. The molecule has 3 aliphatic carbocycles. The molecule has 0 bridgehead atoms. The molecule has 3 aliphatic rings. The molecule has 0 aromatic heterocycles. The van der Waals surface area contributed by atoms with Gasteiger partial charge in [0.1, 0.15) is 0 Å². The van der Waals surface area contributed by atoms with Gasteiger partial charge in [0.25, 0.3) is 0 Å². The Balaban J connectivity index is 1.72. The number of unbranched alkanes of at least 4 members (excludes halogenated alkanes) is 2. The first-order valence-electron chi connectivity index (χ1n) is 13.0. The Morgan fingerprint density at radius 2 is 1.69 bits per heavy atom. The highest BCUT2D eigenvalue weighted by Gasteiger charge is 2.81. The molecule has 176 valence electrons. The normalized spacial score (nSPS) is 35.9. The van der Waals surface area contributed by atoms with E-state index in [9.17, 15) is 19.8 Å². The molecule has 0 saturated heterocycles. The fourth-order valence-corrected chi connectivity index (χ4v) is 8.19. The second kappa shape index (κ2) is 9.19. The van der Waals surface area contributed by atoms with Gasteiger partial charge in [0.05, 0.1) is 10.8 Å². The van der Waals surface area contributed by atoms with Gasteiger partial charge in [0, 0.05) is 5.92 Å². The molecular formula is C28H40O4. The van der Waals surface area contributed by atoms with E-state index in [1.54, 1.807) is 0 Å². The van der Waals surface area contributed by atoms with Crippen molar-refractivity contribution < 1.29 is 19.8 Å². The van der Waals surface area contributed by atoms with E-state index in [0.717, 1.165) is 56.9 Å². The van der Waals surface area contributed by atoms with Gasteiger partial charge in [-0.3, -0.25) is 9.59 Å². The highest BCUT2D eigenvalue weighted by atomic mass is 16.4. The molecule has 0 radical (unpaired) electrons. The molecule has 0 aliphatic heterocycles. The number of fused-ring (bicyclic) bond motifs is 4. The molecular weight excluding hydrogens is 400 g/mol. The van der Waals surface area contributed by atoms with E-state index in [0.29, 0.717) is 12.3 Å². The number of aliphatic carboxylic acids is 2. The van der Waals surface area contributed by atoms with Crippen LogP contribution in [0.5, 0.6) is 0 Å². The molecule has 6 atom stereocenters. The predicted molar refractivity (Wildman–Crippen MR) is 126 cm³/mol. The largest absolute Gasteiger partial charge is 0.481 e. The molecule has 1 aromatic carbocycles. The van der Waals surface area contributed by atoms with Crippen molar-refractivity contribution >= 4 is 11.9 Å². The van der Waals surface area contributed by atoms with E-state index in [-0.39, 0.29) is 17.8 Å². The summed E-state index contributed by atoms with van der Waals surface area (Å²) in [5.74, 6) is -1.40. The molecule has 3 saturated carbocycles. The lowest BCUT2D eigenvalue weighted by atomic mass is 9.28. The third-order valence-corrected chi connectivity index (χ3v) is 9.40. The average molecular weight is 441 g/mol. The number of carboxylic acid groups (broad SMARTS) is 2. The van der Waals surface area contributed by atoms with Crippen LogP contribution in [0.3, 0.4) is 0 Å². The van der Waals surface area contributed by atoms with Crippen LogP contribution < -0.4 is 0 Å². The smallest absolute Gasteiger partial charge is 0.311 e. The molecule has 4 heteroatoms. The summed E-state index contributed by atoms with van der Waals surface area (Å²) >= 11 is 0. The number of hydrogen-bond acceptors (Lipinski definition) is 2. The van der Waals surface area contributed by atoms with Crippen LogP contribution >= 0.6 is 0 Å². The second-order valence-corrected chi connectivity index (χ2v) is 10.8. The van der Waals surface area contributed by atoms with Crippen molar-refractivity contribution in [3.8, 4) is 0 Å². The monoisotopic (exact) mass is 440 g/mol. The van der Waals surface area contributed by atoms with Gasteiger partial charge in [-0.15, -0.1) is 0 Å². The van der Waals surface area contributed by atoms with Crippen LogP contribution in [0.2, 0.25) is 0 Å². The van der Waals surface area contributed by atoms with Crippen molar-refractivity contribution in [3.05, 3.63) is 35.4 Å². The summed E-state index contributed by atoms with van der Waals surface area (Å²) in [5.41, 5.74) is 0.0191. The summed E-state index contributed by atoms with van der Waals surface area (Å²) < 4.78 is 0. The van der Waals surface area contributed by atoms with Gasteiger partial charge in [-0.2, -0.15) is 0 Å². The lowest BCUT2D eigenvalue weighted by Gasteiger charge is -2.71. The zero-order valence-electron chi connectivity index (χ0n) is 19.8. The zero-order valence-corrected chi connectivity index (χ0v) is 19.8. The van der Waals surface area contributed by atoms with E-state index >= 15 is 0 Å². The SMILES string of the molecule is CCCCCC1CCC2C(C1)[C@@]1(C(=O)O)C(c3ccc(CCC)cc3)CCC[C@]21C(=O)O. The van der Waals surface area contributed by atoms with Gasteiger partial charge in [-0.05, 0) is 61.0 Å². The fraction of sp³-hybridized carbons (Fsp3) is 0.714. The molecule has 4 rings (SSSR count). The first-order chi connectivity index (χ1) is 15.4. The fourth-order valence-electron chi connectivity index (χ4n) is 8.19. The highest BCUT2D eigenvalue weighted by molar-refractivity contribution is 5.91. The summed E-state index contributed by atoms with van der Waals surface area (Å²) in [4.78, 5) is 26.0. The minimum absolute atomic E-state index is 0.0145. The quantitative estimate of drug-likeness (QED) is 0.420. The number of hydrogen-bond donors (Lipinski definition) is 2. The van der Waals surface area contributed by atoms with Gasteiger partial charge < -0.3 is 10.2 Å². The van der Waals surface area contributed by atoms with Crippen LogP contribution in [0.4, 0.5) is 0 Å². The Hall–Kier alpha value is -1.84. The minimum atomic E-state index is -1.17. The van der Waals surface area contributed by atoms with Gasteiger partial charge in [-0.25, -0.2) is 0 Å². The standard InChI is InChI=1S/C28H40O4/c1-3-5-6-9-20-13-16-23-24(18-20)28(26(31)32)22(10-7-17-27(23,28)25(29)30)21-14-11-19(8-4-2)12-15-21/h11-12,14-15,20,22-24H,3-10,13,16-18H2,1-2H3,(H,29,30)(H,31,32)/t20?,22?,23?,24?,27-,28-/m1/s1. The van der Waals surface area contributed by atoms with Crippen molar-refractivity contribution in [1.29, 1.82) is 0 Å². The molecule has 0 amide bonds. The molecule has 3 fully saturated rings. The summed E-state index contributed by atoms with van der Waals surface area (Å²) in [7, 11) is 0. The number of aryl methyl sites for hydroxylation is 1. The maximum Gasteiger partial charge on any atom is 0.311 e. The average Bonchev–Trinajstić information content (AvgIpc) is 2.77. The van der Waals surface area contributed by atoms with Crippen LogP contribution in [0, 0.1) is 28.6 Å². The third-order valence-electron chi connectivity index (χ3n) is 9.40. The molecule has 2 N–H and O–H groups in total. The summed E-state index contributed by atoms with van der Waals surface area (Å²) in [6.07, 6.45) is 11.8. The summed E-state index contributed by atoms with van der Waals surface area (Å²) in [5, 5.41) is 21.3. The summed E-state index contributed by atoms with van der Waals surface area (Å²) in [6.45, 7) is 4.37. The van der Waals surface area contributed by atoms with E-state index in [1.807, 2.05) is 0 Å². The van der Waals surface area contributed by atoms with Crippen LogP contribution in [0.25, 0.3) is 0 Å². The number of rotatable bonds is 9. The number of benzene rings is 1. The molecule has 32 heavy (non-hydrogen) atoms. The Bertz CT molecular complexity index is 830. The number of carbonyl (C=O) groups is 2. The zero-order chi connectivity index (χ0) is 22.9. The molecule has 0 spiro atoms. The van der Waals surface area contributed by atoms with Gasteiger partial charge in [0.15, 0.2) is 0 Å². The van der Waals surface area contributed by atoms with E-state index in [2.05, 4.69) is 38.1 Å². The Morgan fingerprint density at radius 1 is 0.938 bits per heavy atom. The van der Waals surface area contributed by atoms with Gasteiger partial charge in [0.2, 0.25) is 0 Å². The van der Waals surface area contributed by atoms with Gasteiger partial charge in [-0.1, -0.05) is 83.1 Å². The summed E-state index contributed by atoms with van der Waals surface area (Å²) in [6, 6.07) is 8.42. The van der Waals surface area contributed by atoms with Crippen molar-refractivity contribution in [3.63, 3.8) is 0 Å². The molecule has 4 nitrogen and oxygen atoms in total. The molecule has 0 heterocycles. The lowest BCUT2D eigenvalue weighted by Crippen LogP contribution is -2.76. The first-order valence-corrected chi connectivity index (χ1v) is 13.0. The van der Waals surface area contributed by atoms with Crippen LogP contribution in [0.15, 0.2) is 24.3 Å². The van der Waals surface area contributed by atoms with Crippen molar-refractivity contribution in [2.75, 3.05) is 0 Å². The topological polar surface area (TPSA) is 74.6 Å². The first kappa shape index (κ1) is 23.3. The lowest BCUT2D eigenvalue weighted by molar-refractivity contribution is -0.265. The van der Waals surface area contributed by atoms with Crippen LogP contribution in [-0.2, 0) is 16.0 Å². The highest BCUT2D eigenvalue weighted by Crippen LogP contribution is 2.78. The van der Waals surface area contributed by atoms with E-state index < -0.39 is 22.8 Å². The minimum Gasteiger partial charge on any atom is -0.481 e. The van der Waals surface area contributed by atoms with Crippen molar-refractivity contribution in [2.24, 2.45) is 28.6 Å². The maximum absolute atomic E-state index is 13.2. The van der Waals surface area contributed by atoms with E-state index in [4.69, 9.17) is 0 Å². The Labute approximate surface area is 192 Å². The Morgan fingerprint density at radius 3 is 2.31 bits per heavy atom. The number of carboxylic acids is 2. The van der Waals surface area contributed by atoms with Crippen LogP contribution in [0.1, 0.15) is 102 Å².